The van der Waals surface area contributed by atoms with Gasteiger partial charge in [0.2, 0.25) is 0 Å². The van der Waals surface area contributed by atoms with E-state index in [0.29, 0.717) is 6.04 Å². The van der Waals surface area contributed by atoms with Crippen LogP contribution in [0.5, 0.6) is 5.75 Å². The SMILES string of the molecule is CCCNC(CC)CCCc1ccc(OC(F)(F)F)cc1. The van der Waals surface area contributed by atoms with Crippen molar-refractivity contribution in [1.82, 2.24) is 5.32 Å². The van der Waals surface area contributed by atoms with Gasteiger partial charge < -0.3 is 10.1 Å². The zero-order valence-corrected chi connectivity index (χ0v) is 12.7. The standard InChI is InChI=1S/C16H24F3NO/c1-3-12-20-14(4-2)7-5-6-13-8-10-15(11-9-13)21-16(17,18)19/h8-11,14,20H,3-7,12H2,1-2H3. The Morgan fingerprint density at radius 2 is 1.81 bits per heavy atom. The number of alkyl halides is 3. The van der Waals surface area contributed by atoms with Gasteiger partial charge in [-0.1, -0.05) is 26.0 Å². The van der Waals surface area contributed by atoms with Crippen LogP contribution in [-0.2, 0) is 6.42 Å². The molecule has 1 aromatic rings. The molecule has 1 N–H and O–H groups in total. The molecule has 0 saturated carbocycles. The topological polar surface area (TPSA) is 21.3 Å². The van der Waals surface area contributed by atoms with Crippen LogP contribution in [0.4, 0.5) is 13.2 Å². The van der Waals surface area contributed by atoms with E-state index in [-0.39, 0.29) is 5.75 Å². The number of hydrogen-bond donors (Lipinski definition) is 1. The summed E-state index contributed by atoms with van der Waals surface area (Å²) in [6, 6.07) is 6.66. The Labute approximate surface area is 124 Å². The summed E-state index contributed by atoms with van der Waals surface area (Å²) in [6.07, 6.45) is 0.568. The quantitative estimate of drug-likeness (QED) is 0.715. The molecule has 120 valence electrons. The van der Waals surface area contributed by atoms with Crippen molar-refractivity contribution in [3.8, 4) is 5.75 Å². The number of ether oxygens (including phenoxy) is 1. The number of nitrogens with one attached hydrogen (secondary N) is 1. The minimum atomic E-state index is -4.62. The first-order chi connectivity index (χ1) is 9.94. The molecule has 21 heavy (non-hydrogen) atoms. The molecule has 1 aromatic carbocycles. The normalized spacial score (nSPS) is 13.2. The van der Waals surface area contributed by atoms with Gasteiger partial charge in [-0.25, -0.2) is 0 Å². The van der Waals surface area contributed by atoms with Crippen LogP contribution in [0.2, 0.25) is 0 Å². The minimum Gasteiger partial charge on any atom is -0.406 e. The van der Waals surface area contributed by atoms with Crippen LogP contribution < -0.4 is 10.1 Å². The predicted octanol–water partition coefficient (Wildman–Crippen LogP) is 4.69. The van der Waals surface area contributed by atoms with Crippen molar-refractivity contribution in [3.05, 3.63) is 29.8 Å². The summed E-state index contributed by atoms with van der Waals surface area (Å²) in [4.78, 5) is 0. The van der Waals surface area contributed by atoms with E-state index in [2.05, 4.69) is 23.9 Å². The van der Waals surface area contributed by atoms with Crippen LogP contribution >= 0.6 is 0 Å². The average Bonchev–Trinajstić information content (AvgIpc) is 2.43. The largest absolute Gasteiger partial charge is 0.573 e. The van der Waals surface area contributed by atoms with Gasteiger partial charge in [-0.3, -0.25) is 0 Å². The molecule has 1 unspecified atom stereocenters. The lowest BCUT2D eigenvalue weighted by Crippen LogP contribution is -2.29. The lowest BCUT2D eigenvalue weighted by molar-refractivity contribution is -0.274. The summed E-state index contributed by atoms with van der Waals surface area (Å²) in [5, 5.41) is 3.50. The van der Waals surface area contributed by atoms with Gasteiger partial charge in [0.25, 0.3) is 0 Å². The third-order valence-corrected chi connectivity index (χ3v) is 3.35. The fraction of sp³-hybridized carbons (Fsp3) is 0.625. The molecule has 0 radical (unpaired) electrons. The van der Waals surface area contributed by atoms with Gasteiger partial charge >= 0.3 is 6.36 Å². The molecule has 1 rings (SSSR count). The molecule has 1 atom stereocenters. The molecular weight excluding hydrogens is 279 g/mol. The van der Waals surface area contributed by atoms with Crippen LogP contribution in [0.25, 0.3) is 0 Å². The molecule has 0 bridgehead atoms. The third kappa shape index (κ3) is 7.95. The van der Waals surface area contributed by atoms with Crippen LogP contribution in [0.1, 0.15) is 45.1 Å². The van der Waals surface area contributed by atoms with Gasteiger partial charge in [0, 0.05) is 6.04 Å². The average molecular weight is 303 g/mol. The Balaban J connectivity index is 2.35. The molecular formula is C16H24F3NO. The number of rotatable bonds is 9. The summed E-state index contributed by atoms with van der Waals surface area (Å²) < 4.78 is 40.0. The van der Waals surface area contributed by atoms with E-state index >= 15 is 0 Å². The maximum atomic E-state index is 12.0. The zero-order chi connectivity index (χ0) is 15.7. The van der Waals surface area contributed by atoms with Crippen LogP contribution in [-0.4, -0.2) is 18.9 Å². The second kappa shape index (κ2) is 8.93. The molecule has 0 fully saturated rings. The van der Waals surface area contributed by atoms with E-state index in [1.807, 2.05) is 0 Å². The summed E-state index contributed by atoms with van der Waals surface area (Å²) in [6.45, 7) is 5.34. The minimum absolute atomic E-state index is 0.165. The van der Waals surface area contributed by atoms with Crippen LogP contribution in [0.15, 0.2) is 24.3 Å². The molecule has 0 saturated heterocycles. The predicted molar refractivity (Wildman–Crippen MR) is 78.4 cm³/mol. The maximum Gasteiger partial charge on any atom is 0.573 e. The van der Waals surface area contributed by atoms with Gasteiger partial charge in [-0.05, 0) is 56.3 Å². The lowest BCUT2D eigenvalue weighted by Gasteiger charge is -2.16. The van der Waals surface area contributed by atoms with E-state index in [1.165, 1.54) is 12.1 Å². The summed E-state index contributed by atoms with van der Waals surface area (Å²) in [5.41, 5.74) is 1.04. The van der Waals surface area contributed by atoms with Gasteiger partial charge in [0.15, 0.2) is 0 Å². The van der Waals surface area contributed by atoms with Crippen molar-refractivity contribution >= 4 is 0 Å². The number of benzene rings is 1. The highest BCUT2D eigenvalue weighted by Gasteiger charge is 2.30. The van der Waals surface area contributed by atoms with Gasteiger partial charge in [0.05, 0.1) is 0 Å². The first-order valence-electron chi connectivity index (χ1n) is 7.52. The molecule has 0 spiro atoms. The molecule has 2 nitrogen and oxygen atoms in total. The monoisotopic (exact) mass is 303 g/mol. The van der Waals surface area contributed by atoms with Crippen molar-refractivity contribution in [2.24, 2.45) is 0 Å². The molecule has 0 heterocycles. The first kappa shape index (κ1) is 17.8. The highest BCUT2D eigenvalue weighted by atomic mass is 19.4. The zero-order valence-electron chi connectivity index (χ0n) is 12.7. The fourth-order valence-corrected chi connectivity index (χ4v) is 2.21. The summed E-state index contributed by atoms with van der Waals surface area (Å²) >= 11 is 0. The Kier molecular flexibility index (Phi) is 7.57. The Hall–Kier alpha value is -1.23. The van der Waals surface area contributed by atoms with E-state index in [0.717, 1.165) is 44.2 Å². The van der Waals surface area contributed by atoms with Crippen molar-refractivity contribution < 1.29 is 17.9 Å². The van der Waals surface area contributed by atoms with E-state index in [4.69, 9.17) is 0 Å². The van der Waals surface area contributed by atoms with Gasteiger partial charge in [0.1, 0.15) is 5.75 Å². The van der Waals surface area contributed by atoms with Crippen molar-refractivity contribution in [2.75, 3.05) is 6.54 Å². The Morgan fingerprint density at radius 1 is 1.14 bits per heavy atom. The third-order valence-electron chi connectivity index (χ3n) is 3.35. The first-order valence-corrected chi connectivity index (χ1v) is 7.52. The van der Waals surface area contributed by atoms with E-state index in [1.54, 1.807) is 12.1 Å². The summed E-state index contributed by atoms with van der Waals surface area (Å²) in [7, 11) is 0. The fourth-order valence-electron chi connectivity index (χ4n) is 2.21. The highest BCUT2D eigenvalue weighted by Crippen LogP contribution is 2.23. The molecule has 0 amide bonds. The Morgan fingerprint density at radius 3 is 2.33 bits per heavy atom. The van der Waals surface area contributed by atoms with Crippen LogP contribution in [0, 0.1) is 0 Å². The van der Waals surface area contributed by atoms with Crippen LogP contribution in [0.3, 0.4) is 0 Å². The number of aryl methyl sites for hydroxylation is 1. The molecule has 0 aliphatic rings. The molecule has 0 aromatic heterocycles. The maximum absolute atomic E-state index is 12.0. The van der Waals surface area contributed by atoms with Crippen molar-refractivity contribution in [3.63, 3.8) is 0 Å². The van der Waals surface area contributed by atoms with Gasteiger partial charge in [-0.15, -0.1) is 13.2 Å². The molecule has 5 heteroatoms. The highest BCUT2D eigenvalue weighted by molar-refractivity contribution is 5.27. The summed E-state index contributed by atoms with van der Waals surface area (Å²) in [5.74, 6) is -0.165. The number of halogens is 3. The second-order valence-corrected chi connectivity index (χ2v) is 5.14. The second-order valence-electron chi connectivity index (χ2n) is 5.14. The number of hydrogen-bond acceptors (Lipinski definition) is 2. The smallest absolute Gasteiger partial charge is 0.406 e. The van der Waals surface area contributed by atoms with Crippen molar-refractivity contribution in [2.45, 2.75) is 58.4 Å². The van der Waals surface area contributed by atoms with E-state index < -0.39 is 6.36 Å². The van der Waals surface area contributed by atoms with Crippen molar-refractivity contribution in [1.29, 1.82) is 0 Å². The lowest BCUT2D eigenvalue weighted by atomic mass is 10.0. The van der Waals surface area contributed by atoms with E-state index in [9.17, 15) is 13.2 Å². The Bertz CT molecular complexity index is 390. The molecule has 0 aliphatic carbocycles. The van der Waals surface area contributed by atoms with Gasteiger partial charge in [-0.2, -0.15) is 0 Å². The molecule has 0 aliphatic heterocycles.